The third-order valence-corrected chi connectivity index (χ3v) is 2.75. The fourth-order valence-electron chi connectivity index (χ4n) is 1.88. The van der Waals surface area contributed by atoms with Crippen LogP contribution in [0.5, 0.6) is 0 Å². The number of nitrogens with two attached hydrogens (primary N) is 1. The SMILES string of the molecule is N#Cc1ccc2ncc(-c3cccnc3N)n2c1. The first-order valence-electron chi connectivity index (χ1n) is 5.37. The van der Waals surface area contributed by atoms with Gasteiger partial charge in [-0.15, -0.1) is 0 Å². The lowest BCUT2D eigenvalue weighted by atomic mass is 10.2. The monoisotopic (exact) mass is 235 g/mol. The molecule has 0 spiro atoms. The van der Waals surface area contributed by atoms with E-state index in [2.05, 4.69) is 16.0 Å². The Balaban J connectivity index is 2.31. The Bertz CT molecular complexity index is 766. The summed E-state index contributed by atoms with van der Waals surface area (Å²) in [6.45, 7) is 0. The van der Waals surface area contributed by atoms with Gasteiger partial charge in [-0.25, -0.2) is 9.97 Å². The van der Waals surface area contributed by atoms with Crippen molar-refractivity contribution in [3.63, 3.8) is 0 Å². The molecule has 0 amide bonds. The summed E-state index contributed by atoms with van der Waals surface area (Å²) < 4.78 is 1.84. The first-order valence-corrected chi connectivity index (χ1v) is 5.37. The molecule has 0 aromatic carbocycles. The van der Waals surface area contributed by atoms with E-state index in [-0.39, 0.29) is 0 Å². The minimum atomic E-state index is 0.446. The number of imidazole rings is 1. The van der Waals surface area contributed by atoms with Gasteiger partial charge < -0.3 is 5.73 Å². The van der Waals surface area contributed by atoms with Crippen LogP contribution < -0.4 is 5.73 Å². The molecule has 2 N–H and O–H groups in total. The van der Waals surface area contributed by atoms with Crippen LogP contribution in [0.2, 0.25) is 0 Å². The number of rotatable bonds is 1. The summed E-state index contributed by atoms with van der Waals surface area (Å²) in [5.41, 5.74) is 8.83. The van der Waals surface area contributed by atoms with E-state index in [1.165, 1.54) is 0 Å². The molecule has 3 heterocycles. The first-order chi connectivity index (χ1) is 8.79. The molecule has 5 heteroatoms. The number of aromatic nitrogens is 3. The minimum Gasteiger partial charge on any atom is -0.383 e. The Kier molecular flexibility index (Phi) is 2.21. The number of nitriles is 1. The van der Waals surface area contributed by atoms with Crippen LogP contribution in [0.15, 0.2) is 42.9 Å². The molecule has 0 saturated heterocycles. The minimum absolute atomic E-state index is 0.446. The van der Waals surface area contributed by atoms with Gasteiger partial charge in [0.25, 0.3) is 0 Å². The van der Waals surface area contributed by atoms with Crippen LogP contribution in [0.4, 0.5) is 5.82 Å². The maximum atomic E-state index is 8.93. The lowest BCUT2D eigenvalue weighted by Crippen LogP contribution is -1.96. The Morgan fingerprint density at radius 3 is 2.89 bits per heavy atom. The Hall–Kier alpha value is -2.87. The molecule has 0 unspecified atom stereocenters. The second kappa shape index (κ2) is 3.86. The van der Waals surface area contributed by atoms with Gasteiger partial charge in [0.1, 0.15) is 17.5 Å². The van der Waals surface area contributed by atoms with Crippen LogP contribution in [0.1, 0.15) is 5.56 Å². The quantitative estimate of drug-likeness (QED) is 0.698. The highest BCUT2D eigenvalue weighted by Crippen LogP contribution is 2.24. The molecule has 0 bridgehead atoms. The summed E-state index contributed by atoms with van der Waals surface area (Å²) in [6, 6.07) is 9.34. The standard InChI is InChI=1S/C13H9N5/c14-6-9-3-4-12-17-7-11(18(12)8-9)10-2-1-5-16-13(10)15/h1-5,7-8H,(H2,15,16). The predicted molar refractivity (Wildman–Crippen MR) is 67.6 cm³/mol. The molecule has 0 fully saturated rings. The van der Waals surface area contributed by atoms with Crippen molar-refractivity contribution in [1.29, 1.82) is 5.26 Å². The average molecular weight is 235 g/mol. The second-order valence-corrected chi connectivity index (χ2v) is 3.84. The number of hydrogen-bond acceptors (Lipinski definition) is 4. The fourth-order valence-corrected chi connectivity index (χ4v) is 1.88. The van der Waals surface area contributed by atoms with Crippen molar-refractivity contribution in [3.8, 4) is 17.3 Å². The molecular weight excluding hydrogens is 226 g/mol. The van der Waals surface area contributed by atoms with Crippen molar-refractivity contribution in [2.45, 2.75) is 0 Å². The highest BCUT2D eigenvalue weighted by atomic mass is 15.0. The van der Waals surface area contributed by atoms with Crippen molar-refractivity contribution in [2.24, 2.45) is 0 Å². The molecule has 3 rings (SSSR count). The van der Waals surface area contributed by atoms with Gasteiger partial charge in [-0.05, 0) is 24.3 Å². The molecule has 5 nitrogen and oxygen atoms in total. The van der Waals surface area contributed by atoms with Gasteiger partial charge in [0, 0.05) is 18.0 Å². The molecule has 18 heavy (non-hydrogen) atoms. The van der Waals surface area contributed by atoms with Gasteiger partial charge in [-0.3, -0.25) is 4.40 Å². The van der Waals surface area contributed by atoms with Gasteiger partial charge in [-0.1, -0.05) is 0 Å². The topological polar surface area (TPSA) is 80.0 Å². The number of anilines is 1. The van der Waals surface area contributed by atoms with Crippen molar-refractivity contribution in [3.05, 3.63) is 48.4 Å². The highest BCUT2D eigenvalue weighted by molar-refractivity contribution is 5.73. The van der Waals surface area contributed by atoms with E-state index in [1.54, 1.807) is 30.7 Å². The van der Waals surface area contributed by atoms with E-state index < -0.39 is 0 Å². The van der Waals surface area contributed by atoms with Gasteiger partial charge in [0.2, 0.25) is 0 Å². The van der Waals surface area contributed by atoms with E-state index >= 15 is 0 Å². The summed E-state index contributed by atoms with van der Waals surface area (Å²) in [4.78, 5) is 8.34. The lowest BCUT2D eigenvalue weighted by Gasteiger charge is -2.04. The highest BCUT2D eigenvalue weighted by Gasteiger charge is 2.09. The molecule has 0 aliphatic rings. The maximum Gasteiger partial charge on any atom is 0.137 e. The molecule has 0 atom stereocenters. The smallest absolute Gasteiger partial charge is 0.137 e. The van der Waals surface area contributed by atoms with E-state index in [0.717, 1.165) is 16.9 Å². The molecular formula is C13H9N5. The van der Waals surface area contributed by atoms with Gasteiger partial charge in [0.05, 0.1) is 17.5 Å². The van der Waals surface area contributed by atoms with E-state index in [4.69, 9.17) is 11.0 Å². The number of nitrogen functional groups attached to an aromatic ring is 1. The lowest BCUT2D eigenvalue weighted by molar-refractivity contribution is 1.17. The molecule has 0 radical (unpaired) electrons. The third-order valence-electron chi connectivity index (χ3n) is 2.75. The average Bonchev–Trinajstić information content (AvgIpc) is 2.82. The zero-order chi connectivity index (χ0) is 12.5. The number of pyridine rings is 2. The maximum absolute atomic E-state index is 8.93. The third kappa shape index (κ3) is 1.48. The van der Waals surface area contributed by atoms with Crippen LogP contribution >= 0.6 is 0 Å². The van der Waals surface area contributed by atoms with Gasteiger partial charge >= 0.3 is 0 Å². The van der Waals surface area contributed by atoms with Crippen molar-refractivity contribution >= 4 is 11.5 Å². The Labute approximate surface area is 103 Å². The predicted octanol–water partition coefficient (Wildman–Crippen LogP) is 1.85. The van der Waals surface area contributed by atoms with Crippen LogP contribution in [0, 0.1) is 11.3 Å². The molecule has 3 aromatic rings. The van der Waals surface area contributed by atoms with Crippen molar-refractivity contribution < 1.29 is 0 Å². The Morgan fingerprint density at radius 1 is 1.22 bits per heavy atom. The summed E-state index contributed by atoms with van der Waals surface area (Å²) >= 11 is 0. The molecule has 0 aliphatic heterocycles. The van der Waals surface area contributed by atoms with Crippen LogP contribution in [-0.2, 0) is 0 Å². The van der Waals surface area contributed by atoms with E-state index in [0.29, 0.717) is 11.4 Å². The van der Waals surface area contributed by atoms with E-state index in [9.17, 15) is 0 Å². The van der Waals surface area contributed by atoms with E-state index in [1.807, 2.05) is 16.5 Å². The summed E-state index contributed by atoms with van der Waals surface area (Å²) in [5, 5.41) is 8.93. The molecule has 86 valence electrons. The van der Waals surface area contributed by atoms with Gasteiger partial charge in [-0.2, -0.15) is 5.26 Å². The van der Waals surface area contributed by atoms with Crippen molar-refractivity contribution in [1.82, 2.24) is 14.4 Å². The number of hydrogen-bond donors (Lipinski definition) is 1. The zero-order valence-corrected chi connectivity index (χ0v) is 9.41. The Morgan fingerprint density at radius 2 is 2.11 bits per heavy atom. The normalized spacial score (nSPS) is 10.4. The molecule has 0 saturated carbocycles. The van der Waals surface area contributed by atoms with Crippen molar-refractivity contribution in [2.75, 3.05) is 5.73 Å². The summed E-state index contributed by atoms with van der Waals surface area (Å²) in [5.74, 6) is 0.446. The zero-order valence-electron chi connectivity index (χ0n) is 9.41. The largest absolute Gasteiger partial charge is 0.383 e. The number of nitrogens with zero attached hydrogens (tertiary/aromatic N) is 4. The van der Waals surface area contributed by atoms with Crippen LogP contribution in [-0.4, -0.2) is 14.4 Å². The molecule has 0 aliphatic carbocycles. The second-order valence-electron chi connectivity index (χ2n) is 3.84. The fraction of sp³-hybridized carbons (Fsp3) is 0. The number of fused-ring (bicyclic) bond motifs is 1. The van der Waals surface area contributed by atoms with Gasteiger partial charge in [0.15, 0.2) is 0 Å². The van der Waals surface area contributed by atoms with Crippen LogP contribution in [0.3, 0.4) is 0 Å². The molecule has 3 aromatic heterocycles. The van der Waals surface area contributed by atoms with Crippen LogP contribution in [0.25, 0.3) is 16.9 Å². The summed E-state index contributed by atoms with van der Waals surface area (Å²) in [6.07, 6.45) is 5.11. The summed E-state index contributed by atoms with van der Waals surface area (Å²) in [7, 11) is 0. The first kappa shape index (κ1) is 10.3.